The predicted octanol–water partition coefficient (Wildman–Crippen LogP) is 1.44. The summed E-state index contributed by atoms with van der Waals surface area (Å²) >= 11 is 0. The Bertz CT molecular complexity index is 29.8. The summed E-state index contributed by atoms with van der Waals surface area (Å²) in [4.78, 5) is 0. The number of rotatable bonds is 0. The minimum atomic E-state index is 1.65. The summed E-state index contributed by atoms with van der Waals surface area (Å²) in [5, 5.41) is 0. The van der Waals surface area contributed by atoms with Crippen molar-refractivity contribution in [1.82, 2.24) is 0 Å². The lowest BCUT2D eigenvalue weighted by atomic mass is 10.9. The molecule has 0 unspecified atom stereocenters. The third kappa shape index (κ3) is 11.4. The SMILES string of the molecule is C#CC.C=C. The van der Waals surface area contributed by atoms with E-state index >= 15 is 0 Å². The topological polar surface area (TPSA) is 0 Å². The van der Waals surface area contributed by atoms with Crippen molar-refractivity contribution in [3.63, 3.8) is 0 Å². The van der Waals surface area contributed by atoms with Crippen molar-refractivity contribution in [2.24, 2.45) is 0 Å². The summed E-state index contributed by atoms with van der Waals surface area (Å²) in [6, 6.07) is 0. The van der Waals surface area contributed by atoms with Crippen molar-refractivity contribution in [3.05, 3.63) is 13.2 Å². The second-order valence-electron chi connectivity index (χ2n) is 0.289. The van der Waals surface area contributed by atoms with Gasteiger partial charge in [0, 0.05) is 0 Å². The first-order valence-corrected chi connectivity index (χ1v) is 1.29. The molecule has 0 saturated heterocycles. The van der Waals surface area contributed by atoms with Crippen LogP contribution in [0.25, 0.3) is 0 Å². The average Bonchev–Trinajstić information content (AvgIpc) is 1.46. The summed E-state index contributed by atoms with van der Waals surface area (Å²) < 4.78 is 0. The third-order valence-electron chi connectivity index (χ3n) is 0. The van der Waals surface area contributed by atoms with Crippen molar-refractivity contribution >= 4 is 0 Å². The molecule has 0 N–H and O–H groups in total. The van der Waals surface area contributed by atoms with Gasteiger partial charge >= 0.3 is 0 Å². The summed E-state index contributed by atoms with van der Waals surface area (Å²) in [6.45, 7) is 7.65. The second kappa shape index (κ2) is 194. The molecule has 0 fully saturated rings. The number of hydrogen-bond donors (Lipinski definition) is 0. The molecular weight excluding hydrogens is 60.1 g/mol. The Balaban J connectivity index is 0. The van der Waals surface area contributed by atoms with Gasteiger partial charge in [0.05, 0.1) is 0 Å². The highest BCUT2D eigenvalue weighted by molar-refractivity contribution is 4.73. The molecule has 0 heterocycles. The van der Waals surface area contributed by atoms with Crippen LogP contribution in [-0.2, 0) is 0 Å². The van der Waals surface area contributed by atoms with Crippen LogP contribution in [0.5, 0.6) is 0 Å². The zero-order valence-electron chi connectivity index (χ0n) is 3.49. The minimum absolute atomic E-state index is 1.65. The smallest absolute Gasteiger partial charge is 0.00297 e. The molecule has 0 saturated carbocycles. The molecule has 0 nitrogen and oxygen atoms in total. The average molecular weight is 68.1 g/mol. The van der Waals surface area contributed by atoms with Gasteiger partial charge in [0.2, 0.25) is 0 Å². The van der Waals surface area contributed by atoms with Gasteiger partial charge in [-0.1, -0.05) is 0 Å². The molecule has 0 aromatic carbocycles. The van der Waals surface area contributed by atoms with Gasteiger partial charge in [-0.15, -0.1) is 25.5 Å². The van der Waals surface area contributed by atoms with Gasteiger partial charge in [0.1, 0.15) is 0 Å². The molecular formula is C5H8. The molecule has 0 heteroatoms. The largest absolute Gasteiger partial charge is 0.120 e. The van der Waals surface area contributed by atoms with E-state index in [0.717, 1.165) is 0 Å². The predicted molar refractivity (Wildman–Crippen MR) is 25.8 cm³/mol. The first kappa shape index (κ1) is 8.85. The lowest BCUT2D eigenvalue weighted by Crippen LogP contribution is -1.10. The van der Waals surface area contributed by atoms with Crippen molar-refractivity contribution in [2.45, 2.75) is 6.92 Å². The van der Waals surface area contributed by atoms with E-state index in [4.69, 9.17) is 0 Å². The third-order valence-corrected chi connectivity index (χ3v) is 0. The lowest BCUT2D eigenvalue weighted by Gasteiger charge is -1.23. The Labute approximate surface area is 33.5 Å². The molecule has 0 amide bonds. The van der Waals surface area contributed by atoms with Gasteiger partial charge in [-0.2, -0.15) is 0 Å². The molecule has 0 aromatic rings. The molecule has 0 bridgehead atoms. The van der Waals surface area contributed by atoms with E-state index in [1.54, 1.807) is 6.92 Å². The molecule has 0 rings (SSSR count). The van der Waals surface area contributed by atoms with Crippen LogP contribution in [0, 0.1) is 12.3 Å². The molecule has 0 aliphatic carbocycles. The Kier molecular flexibility index (Phi) is 343. The molecule has 0 atom stereocenters. The summed E-state index contributed by atoms with van der Waals surface area (Å²) in [5.41, 5.74) is 0. The van der Waals surface area contributed by atoms with Gasteiger partial charge in [-0.25, -0.2) is 0 Å². The van der Waals surface area contributed by atoms with Crippen LogP contribution in [-0.4, -0.2) is 0 Å². The van der Waals surface area contributed by atoms with Crippen LogP contribution < -0.4 is 0 Å². The zero-order chi connectivity index (χ0) is 4.71. The number of terminal acetylenes is 1. The summed E-state index contributed by atoms with van der Waals surface area (Å²) in [6.07, 6.45) is 4.60. The molecule has 0 radical (unpaired) electrons. The van der Waals surface area contributed by atoms with Crippen LogP contribution in [0.15, 0.2) is 13.2 Å². The van der Waals surface area contributed by atoms with Crippen LogP contribution in [0.2, 0.25) is 0 Å². The van der Waals surface area contributed by atoms with Gasteiger partial charge in [-0.05, 0) is 6.92 Å². The van der Waals surface area contributed by atoms with Crippen molar-refractivity contribution in [1.29, 1.82) is 0 Å². The van der Waals surface area contributed by atoms with Crippen molar-refractivity contribution in [2.75, 3.05) is 0 Å². The van der Waals surface area contributed by atoms with Crippen LogP contribution in [0.1, 0.15) is 6.92 Å². The van der Waals surface area contributed by atoms with Gasteiger partial charge in [0.15, 0.2) is 0 Å². The van der Waals surface area contributed by atoms with E-state index in [2.05, 4.69) is 25.5 Å². The fraction of sp³-hybridized carbons (Fsp3) is 0.200. The maximum Gasteiger partial charge on any atom is -0.00297 e. The molecule has 0 aliphatic rings. The van der Waals surface area contributed by atoms with Crippen LogP contribution in [0.3, 0.4) is 0 Å². The fourth-order valence-electron chi connectivity index (χ4n) is 0. The first-order valence-electron chi connectivity index (χ1n) is 1.29. The monoisotopic (exact) mass is 68.1 g/mol. The Morgan fingerprint density at radius 3 is 1.60 bits per heavy atom. The van der Waals surface area contributed by atoms with E-state index in [9.17, 15) is 0 Å². The van der Waals surface area contributed by atoms with E-state index < -0.39 is 0 Å². The Hall–Kier alpha value is -0.700. The second-order valence-corrected chi connectivity index (χ2v) is 0.289. The highest BCUT2D eigenvalue weighted by atomic mass is 13.2. The van der Waals surface area contributed by atoms with E-state index in [-0.39, 0.29) is 0 Å². The summed E-state index contributed by atoms with van der Waals surface area (Å²) in [7, 11) is 0. The first-order chi connectivity index (χ1) is 2.41. The van der Waals surface area contributed by atoms with E-state index in [1.807, 2.05) is 0 Å². The number of hydrogen-bond acceptors (Lipinski definition) is 0. The summed E-state index contributed by atoms with van der Waals surface area (Å²) in [5.74, 6) is 2.25. The maximum atomic E-state index is 4.60. The van der Waals surface area contributed by atoms with E-state index in [0.29, 0.717) is 0 Å². The highest BCUT2D eigenvalue weighted by Crippen LogP contribution is 1.21. The van der Waals surface area contributed by atoms with Crippen molar-refractivity contribution in [3.8, 4) is 12.3 Å². The van der Waals surface area contributed by atoms with Gasteiger partial charge in [-0.3, -0.25) is 0 Å². The Morgan fingerprint density at radius 2 is 1.60 bits per heavy atom. The van der Waals surface area contributed by atoms with Crippen molar-refractivity contribution < 1.29 is 0 Å². The normalized spacial score (nSPS) is 2.40. The minimum Gasteiger partial charge on any atom is -0.120 e. The Morgan fingerprint density at radius 1 is 1.60 bits per heavy atom. The van der Waals surface area contributed by atoms with Crippen LogP contribution >= 0.6 is 0 Å². The lowest BCUT2D eigenvalue weighted by molar-refractivity contribution is 1.94. The zero-order valence-corrected chi connectivity index (χ0v) is 3.49. The fourth-order valence-corrected chi connectivity index (χ4v) is 0. The molecule has 28 valence electrons. The maximum absolute atomic E-state index is 4.60. The van der Waals surface area contributed by atoms with Gasteiger partial charge < -0.3 is 0 Å². The quantitative estimate of drug-likeness (QED) is 0.297. The molecule has 0 aromatic heterocycles. The van der Waals surface area contributed by atoms with E-state index in [1.165, 1.54) is 0 Å². The molecule has 0 aliphatic heterocycles. The van der Waals surface area contributed by atoms with Crippen LogP contribution in [0.4, 0.5) is 0 Å². The highest BCUT2D eigenvalue weighted by Gasteiger charge is 1.09. The molecule has 0 spiro atoms. The van der Waals surface area contributed by atoms with Gasteiger partial charge in [0.25, 0.3) is 0 Å². The molecule has 5 heavy (non-hydrogen) atoms. The standard InChI is InChI=1S/C3H4.C2H4/c1-3-2;1-2/h1H,2H3;1-2H2.